The van der Waals surface area contributed by atoms with Gasteiger partial charge in [0.25, 0.3) is 0 Å². The second-order valence-corrected chi connectivity index (χ2v) is 4.20. The van der Waals surface area contributed by atoms with Crippen LogP contribution < -0.4 is 0 Å². The smallest absolute Gasteiger partial charge is 0.185 e. The molecule has 0 unspecified atom stereocenters. The van der Waals surface area contributed by atoms with Gasteiger partial charge in [-0.05, 0) is 0 Å². The summed E-state index contributed by atoms with van der Waals surface area (Å²) < 4.78 is 15.6. The quantitative estimate of drug-likeness (QED) is 0.409. The molecule has 0 atom stereocenters. The van der Waals surface area contributed by atoms with Gasteiger partial charge in [-0.15, -0.1) is 6.58 Å². The van der Waals surface area contributed by atoms with Gasteiger partial charge in [0.1, 0.15) is 0 Å². The van der Waals surface area contributed by atoms with Crippen molar-refractivity contribution >= 4 is 16.9 Å². The van der Waals surface area contributed by atoms with E-state index >= 15 is 0 Å². The maximum Gasteiger partial charge on any atom is 0.185 e. The number of carbonyl (C=O) groups is 1. The molecule has 4 nitrogen and oxygen atoms in total. The zero-order valence-electron chi connectivity index (χ0n) is 9.78. The number of hydrogen-bond acceptors (Lipinski definition) is 5. The summed E-state index contributed by atoms with van der Waals surface area (Å²) in [6, 6.07) is 0. The van der Waals surface area contributed by atoms with Crippen molar-refractivity contribution in [2.45, 2.75) is 6.92 Å². The molecule has 0 fully saturated rings. The van der Waals surface area contributed by atoms with E-state index in [-0.39, 0.29) is 5.12 Å². The van der Waals surface area contributed by atoms with Crippen LogP contribution in [-0.2, 0) is 19.0 Å². The first kappa shape index (κ1) is 15.6. The minimum atomic E-state index is 0.124. The average molecular weight is 248 g/mol. The van der Waals surface area contributed by atoms with E-state index in [0.29, 0.717) is 45.4 Å². The SMILES string of the molecule is C=CCOCCOCCOCCSC(C)=O. The fourth-order valence-electron chi connectivity index (χ4n) is 0.851. The summed E-state index contributed by atoms with van der Waals surface area (Å²) in [5.41, 5.74) is 0. The molecule has 0 saturated heterocycles. The summed E-state index contributed by atoms with van der Waals surface area (Å²) >= 11 is 1.27. The van der Waals surface area contributed by atoms with Crippen molar-refractivity contribution in [2.24, 2.45) is 0 Å². The Morgan fingerprint density at radius 3 is 2.25 bits per heavy atom. The molecule has 0 aliphatic rings. The van der Waals surface area contributed by atoms with Crippen molar-refractivity contribution in [3.8, 4) is 0 Å². The summed E-state index contributed by atoms with van der Waals surface area (Å²) in [6.45, 7) is 8.49. The van der Waals surface area contributed by atoms with Gasteiger partial charge in [0.05, 0.1) is 39.6 Å². The first-order valence-electron chi connectivity index (χ1n) is 5.25. The van der Waals surface area contributed by atoms with E-state index in [1.807, 2.05) is 0 Å². The Kier molecular flexibility index (Phi) is 12.4. The van der Waals surface area contributed by atoms with Gasteiger partial charge in [-0.3, -0.25) is 4.79 Å². The van der Waals surface area contributed by atoms with Crippen LogP contribution in [0.1, 0.15) is 6.92 Å². The standard InChI is InChI=1S/C11H20O4S/c1-3-4-13-5-6-14-7-8-15-9-10-16-11(2)12/h3H,1,4-10H2,2H3. The Labute approximate surface area is 101 Å². The van der Waals surface area contributed by atoms with Crippen molar-refractivity contribution in [1.82, 2.24) is 0 Å². The molecule has 0 aromatic heterocycles. The second-order valence-electron chi connectivity index (χ2n) is 2.93. The fraction of sp³-hybridized carbons (Fsp3) is 0.727. The van der Waals surface area contributed by atoms with Crippen LogP contribution in [0, 0.1) is 0 Å². The number of rotatable bonds is 11. The summed E-state index contributed by atoms with van der Waals surface area (Å²) in [4.78, 5) is 10.6. The van der Waals surface area contributed by atoms with Crippen molar-refractivity contribution < 1.29 is 19.0 Å². The third kappa shape index (κ3) is 13.6. The van der Waals surface area contributed by atoms with E-state index in [2.05, 4.69) is 6.58 Å². The Morgan fingerprint density at radius 1 is 1.12 bits per heavy atom. The minimum absolute atomic E-state index is 0.124. The lowest BCUT2D eigenvalue weighted by atomic mass is 10.7. The topological polar surface area (TPSA) is 44.8 Å². The molecule has 5 heteroatoms. The molecule has 0 bridgehead atoms. The van der Waals surface area contributed by atoms with Crippen molar-refractivity contribution in [3.05, 3.63) is 12.7 Å². The van der Waals surface area contributed by atoms with Crippen molar-refractivity contribution in [1.29, 1.82) is 0 Å². The summed E-state index contributed by atoms with van der Waals surface area (Å²) in [6.07, 6.45) is 1.70. The molecule has 0 amide bonds. The van der Waals surface area contributed by atoms with E-state index in [4.69, 9.17) is 14.2 Å². The van der Waals surface area contributed by atoms with Crippen LogP contribution in [0.15, 0.2) is 12.7 Å². The lowest BCUT2D eigenvalue weighted by Crippen LogP contribution is -2.10. The van der Waals surface area contributed by atoms with E-state index < -0.39 is 0 Å². The van der Waals surface area contributed by atoms with Crippen LogP contribution in [0.5, 0.6) is 0 Å². The van der Waals surface area contributed by atoms with Crippen LogP contribution in [-0.4, -0.2) is 50.5 Å². The molecule has 0 saturated carbocycles. The van der Waals surface area contributed by atoms with Gasteiger partial charge in [0, 0.05) is 12.7 Å². The average Bonchev–Trinajstić information content (AvgIpc) is 2.25. The number of hydrogen-bond donors (Lipinski definition) is 0. The van der Waals surface area contributed by atoms with Crippen LogP contribution >= 0.6 is 11.8 Å². The van der Waals surface area contributed by atoms with Crippen LogP contribution in [0.4, 0.5) is 0 Å². The highest BCUT2D eigenvalue weighted by Crippen LogP contribution is 1.99. The zero-order valence-corrected chi connectivity index (χ0v) is 10.6. The van der Waals surface area contributed by atoms with E-state index in [1.165, 1.54) is 11.8 Å². The van der Waals surface area contributed by atoms with E-state index in [9.17, 15) is 4.79 Å². The molecule has 16 heavy (non-hydrogen) atoms. The minimum Gasteiger partial charge on any atom is -0.378 e. The first-order chi connectivity index (χ1) is 7.77. The Hall–Kier alpha value is -0.360. The normalized spacial score (nSPS) is 10.3. The fourth-order valence-corrected chi connectivity index (χ4v) is 1.34. The molecule has 0 aliphatic heterocycles. The molecular weight excluding hydrogens is 228 g/mol. The predicted molar refractivity (Wildman–Crippen MR) is 65.8 cm³/mol. The Morgan fingerprint density at radius 2 is 1.69 bits per heavy atom. The van der Waals surface area contributed by atoms with Gasteiger partial charge in [-0.2, -0.15) is 0 Å². The molecule has 0 radical (unpaired) electrons. The molecule has 0 aromatic carbocycles. The molecule has 0 rings (SSSR count). The highest BCUT2D eigenvalue weighted by atomic mass is 32.2. The highest BCUT2D eigenvalue weighted by Gasteiger charge is 1.94. The van der Waals surface area contributed by atoms with Gasteiger partial charge in [0.15, 0.2) is 5.12 Å². The number of thioether (sulfide) groups is 1. The second kappa shape index (κ2) is 12.7. The maximum absolute atomic E-state index is 10.6. The molecular formula is C11H20O4S. The van der Waals surface area contributed by atoms with E-state index in [1.54, 1.807) is 13.0 Å². The Balaban J connectivity index is 2.93. The molecule has 0 spiro atoms. The lowest BCUT2D eigenvalue weighted by Gasteiger charge is -2.05. The van der Waals surface area contributed by atoms with Gasteiger partial charge in [-0.1, -0.05) is 17.8 Å². The Bertz CT molecular complexity index is 185. The number of ether oxygens (including phenoxy) is 3. The molecule has 0 aromatic rings. The molecule has 0 aliphatic carbocycles. The van der Waals surface area contributed by atoms with Crippen LogP contribution in [0.3, 0.4) is 0 Å². The summed E-state index contributed by atoms with van der Waals surface area (Å²) in [5, 5.41) is 0.124. The first-order valence-corrected chi connectivity index (χ1v) is 6.23. The maximum atomic E-state index is 10.6. The number of carbonyl (C=O) groups excluding carboxylic acids is 1. The van der Waals surface area contributed by atoms with Crippen molar-refractivity contribution in [2.75, 3.05) is 45.4 Å². The van der Waals surface area contributed by atoms with Gasteiger partial charge < -0.3 is 14.2 Å². The summed E-state index contributed by atoms with van der Waals surface area (Å²) in [7, 11) is 0. The predicted octanol–water partition coefficient (Wildman–Crippen LogP) is 1.50. The molecule has 94 valence electrons. The largest absolute Gasteiger partial charge is 0.378 e. The van der Waals surface area contributed by atoms with E-state index in [0.717, 1.165) is 0 Å². The molecule has 0 N–H and O–H groups in total. The highest BCUT2D eigenvalue weighted by molar-refractivity contribution is 8.13. The van der Waals surface area contributed by atoms with Gasteiger partial charge >= 0.3 is 0 Å². The summed E-state index contributed by atoms with van der Waals surface area (Å²) in [5.74, 6) is 0.706. The van der Waals surface area contributed by atoms with Crippen molar-refractivity contribution in [3.63, 3.8) is 0 Å². The third-order valence-electron chi connectivity index (χ3n) is 1.51. The van der Waals surface area contributed by atoms with Crippen LogP contribution in [0.2, 0.25) is 0 Å². The van der Waals surface area contributed by atoms with Gasteiger partial charge in [0.2, 0.25) is 0 Å². The van der Waals surface area contributed by atoms with Crippen LogP contribution in [0.25, 0.3) is 0 Å². The molecule has 0 heterocycles. The zero-order chi connectivity index (χ0) is 12.1. The monoisotopic (exact) mass is 248 g/mol. The lowest BCUT2D eigenvalue weighted by molar-refractivity contribution is -0.109. The van der Waals surface area contributed by atoms with Gasteiger partial charge in [-0.25, -0.2) is 0 Å². The third-order valence-corrected chi connectivity index (χ3v) is 2.29.